The van der Waals surface area contributed by atoms with Crippen molar-refractivity contribution < 1.29 is 4.74 Å². The van der Waals surface area contributed by atoms with E-state index in [1.165, 1.54) is 16.5 Å². The number of hydrogen-bond acceptors (Lipinski definition) is 4. The molecule has 0 saturated carbocycles. The molecule has 0 aliphatic carbocycles. The van der Waals surface area contributed by atoms with Crippen molar-refractivity contribution in [3.05, 3.63) is 71.4 Å². The summed E-state index contributed by atoms with van der Waals surface area (Å²) in [4.78, 5) is 10.4. The molecular formula is C22H23N3OS. The zero-order chi connectivity index (χ0) is 18.6. The molecule has 1 N–H and O–H groups in total. The Morgan fingerprint density at radius 3 is 2.78 bits per heavy atom. The van der Waals surface area contributed by atoms with Crippen LogP contribution in [0, 0.1) is 0 Å². The minimum Gasteiger partial charge on any atom is -0.487 e. The lowest BCUT2D eigenvalue weighted by Crippen LogP contribution is -2.14. The average Bonchev–Trinajstić information content (AvgIpc) is 3.32. The molecule has 0 amide bonds. The smallest absolute Gasteiger partial charge is 0.131 e. The number of nitrogens with one attached hydrogen (secondary N) is 1. The summed E-state index contributed by atoms with van der Waals surface area (Å²) in [5.41, 5.74) is 4.64. The van der Waals surface area contributed by atoms with Gasteiger partial charge in [-0.1, -0.05) is 18.2 Å². The SMILES string of the molecule is CN(C)CCc1c[nH]c2ccc(-c3nc(COc4ccccc4)cs3)cc12. The van der Waals surface area contributed by atoms with Crippen LogP contribution in [0.2, 0.25) is 0 Å². The van der Waals surface area contributed by atoms with Crippen LogP contribution in [-0.4, -0.2) is 35.5 Å². The van der Waals surface area contributed by atoms with E-state index in [0.29, 0.717) is 6.61 Å². The second-order valence-electron chi connectivity index (χ2n) is 6.87. The molecule has 138 valence electrons. The van der Waals surface area contributed by atoms with E-state index in [0.717, 1.165) is 35.0 Å². The van der Waals surface area contributed by atoms with Crippen LogP contribution in [0.5, 0.6) is 5.75 Å². The van der Waals surface area contributed by atoms with Gasteiger partial charge in [0.2, 0.25) is 0 Å². The third-order valence-electron chi connectivity index (χ3n) is 4.52. The highest BCUT2D eigenvalue weighted by atomic mass is 32.1. The van der Waals surface area contributed by atoms with Crippen LogP contribution in [0.15, 0.2) is 60.1 Å². The van der Waals surface area contributed by atoms with E-state index in [1.807, 2.05) is 30.3 Å². The van der Waals surface area contributed by atoms with Gasteiger partial charge in [-0.15, -0.1) is 11.3 Å². The summed E-state index contributed by atoms with van der Waals surface area (Å²) in [6.07, 6.45) is 3.16. The summed E-state index contributed by atoms with van der Waals surface area (Å²) in [5, 5.41) is 4.39. The third kappa shape index (κ3) is 4.21. The molecule has 2 aromatic heterocycles. The molecule has 0 aliphatic rings. The van der Waals surface area contributed by atoms with Gasteiger partial charge >= 0.3 is 0 Å². The molecule has 5 heteroatoms. The summed E-state index contributed by atoms with van der Waals surface area (Å²) in [6, 6.07) is 16.4. The molecule has 0 spiro atoms. The number of rotatable bonds is 7. The van der Waals surface area contributed by atoms with E-state index >= 15 is 0 Å². The number of hydrogen-bond donors (Lipinski definition) is 1. The summed E-state index contributed by atoms with van der Waals surface area (Å²) in [6.45, 7) is 1.52. The highest BCUT2D eigenvalue weighted by molar-refractivity contribution is 7.13. The number of para-hydroxylation sites is 1. The number of aromatic amines is 1. The highest BCUT2D eigenvalue weighted by Gasteiger charge is 2.10. The van der Waals surface area contributed by atoms with Gasteiger partial charge in [-0.3, -0.25) is 0 Å². The Hall–Kier alpha value is -2.63. The monoisotopic (exact) mass is 377 g/mol. The molecule has 0 fully saturated rings. The van der Waals surface area contributed by atoms with Crippen molar-refractivity contribution in [3.63, 3.8) is 0 Å². The number of fused-ring (bicyclic) bond motifs is 1. The van der Waals surface area contributed by atoms with Gasteiger partial charge in [-0.2, -0.15) is 0 Å². The van der Waals surface area contributed by atoms with Crippen LogP contribution in [0.25, 0.3) is 21.5 Å². The fourth-order valence-electron chi connectivity index (χ4n) is 3.04. The predicted molar refractivity (Wildman–Crippen MR) is 112 cm³/mol. The van der Waals surface area contributed by atoms with E-state index in [4.69, 9.17) is 9.72 Å². The highest BCUT2D eigenvalue weighted by Crippen LogP contribution is 2.29. The van der Waals surface area contributed by atoms with Gasteiger partial charge in [-0.05, 0) is 56.4 Å². The van der Waals surface area contributed by atoms with Crippen LogP contribution in [-0.2, 0) is 13.0 Å². The van der Waals surface area contributed by atoms with Crippen molar-refractivity contribution in [2.45, 2.75) is 13.0 Å². The fourth-order valence-corrected chi connectivity index (χ4v) is 3.84. The molecule has 2 heterocycles. The van der Waals surface area contributed by atoms with Crippen LogP contribution in [0.4, 0.5) is 0 Å². The molecule has 4 nitrogen and oxygen atoms in total. The van der Waals surface area contributed by atoms with E-state index < -0.39 is 0 Å². The Balaban J connectivity index is 1.52. The maximum Gasteiger partial charge on any atom is 0.131 e. The standard InChI is InChI=1S/C22H23N3OS/c1-25(2)11-10-17-13-23-21-9-8-16(12-20(17)21)22-24-18(15-27-22)14-26-19-6-4-3-5-7-19/h3-9,12-13,15,23H,10-11,14H2,1-2H3. The van der Waals surface area contributed by atoms with Crippen molar-refractivity contribution in [2.75, 3.05) is 20.6 Å². The van der Waals surface area contributed by atoms with Gasteiger partial charge in [0.05, 0.1) is 5.69 Å². The fraction of sp³-hybridized carbons (Fsp3) is 0.227. The van der Waals surface area contributed by atoms with Gasteiger partial charge < -0.3 is 14.6 Å². The number of ether oxygens (including phenoxy) is 1. The molecule has 0 aliphatic heterocycles. The molecule has 4 aromatic rings. The van der Waals surface area contributed by atoms with Crippen molar-refractivity contribution in [3.8, 4) is 16.3 Å². The largest absolute Gasteiger partial charge is 0.487 e. The molecule has 4 rings (SSSR count). The lowest BCUT2D eigenvalue weighted by atomic mass is 10.1. The lowest BCUT2D eigenvalue weighted by molar-refractivity contribution is 0.302. The van der Waals surface area contributed by atoms with Crippen LogP contribution >= 0.6 is 11.3 Å². The number of likely N-dealkylation sites (N-methyl/N-ethyl adjacent to an activating group) is 1. The summed E-state index contributed by atoms with van der Waals surface area (Å²) < 4.78 is 5.81. The number of aromatic nitrogens is 2. The van der Waals surface area contributed by atoms with E-state index in [2.05, 4.69) is 53.8 Å². The minimum absolute atomic E-state index is 0.487. The lowest BCUT2D eigenvalue weighted by Gasteiger charge is -2.08. The Bertz CT molecular complexity index is 1020. The van der Waals surface area contributed by atoms with Crippen molar-refractivity contribution in [1.82, 2.24) is 14.9 Å². The van der Waals surface area contributed by atoms with Gasteiger partial charge in [-0.25, -0.2) is 4.98 Å². The first-order chi connectivity index (χ1) is 13.2. The Morgan fingerprint density at radius 2 is 1.96 bits per heavy atom. The van der Waals surface area contributed by atoms with E-state index in [9.17, 15) is 0 Å². The molecule has 0 radical (unpaired) electrons. The van der Waals surface area contributed by atoms with Gasteiger partial charge in [0.25, 0.3) is 0 Å². The zero-order valence-corrected chi connectivity index (χ0v) is 16.4. The molecule has 27 heavy (non-hydrogen) atoms. The molecule has 0 bridgehead atoms. The first-order valence-electron chi connectivity index (χ1n) is 9.06. The van der Waals surface area contributed by atoms with Crippen molar-refractivity contribution >= 4 is 22.2 Å². The third-order valence-corrected chi connectivity index (χ3v) is 5.46. The van der Waals surface area contributed by atoms with Crippen molar-refractivity contribution in [2.24, 2.45) is 0 Å². The predicted octanol–water partition coefficient (Wildman–Crippen LogP) is 4.97. The maximum atomic E-state index is 5.81. The van der Waals surface area contributed by atoms with Gasteiger partial charge in [0.15, 0.2) is 0 Å². The van der Waals surface area contributed by atoms with Crippen LogP contribution in [0.3, 0.4) is 0 Å². The molecule has 0 saturated heterocycles. The summed E-state index contributed by atoms with van der Waals surface area (Å²) in [5.74, 6) is 0.867. The summed E-state index contributed by atoms with van der Waals surface area (Å²) >= 11 is 1.66. The van der Waals surface area contributed by atoms with E-state index in [-0.39, 0.29) is 0 Å². The van der Waals surface area contributed by atoms with Crippen LogP contribution in [0.1, 0.15) is 11.3 Å². The molecular weight excluding hydrogens is 354 g/mol. The number of benzene rings is 2. The zero-order valence-electron chi connectivity index (χ0n) is 15.6. The second-order valence-corrected chi connectivity index (χ2v) is 7.73. The first-order valence-corrected chi connectivity index (χ1v) is 9.94. The molecule has 0 atom stereocenters. The van der Waals surface area contributed by atoms with Crippen LogP contribution < -0.4 is 4.74 Å². The minimum atomic E-state index is 0.487. The van der Waals surface area contributed by atoms with E-state index in [1.54, 1.807) is 11.3 Å². The molecule has 0 unspecified atom stereocenters. The first kappa shape index (κ1) is 17.8. The van der Waals surface area contributed by atoms with Gasteiger partial charge in [0, 0.05) is 34.6 Å². The normalized spacial score (nSPS) is 11.4. The number of H-pyrrole nitrogens is 1. The summed E-state index contributed by atoms with van der Waals surface area (Å²) in [7, 11) is 4.21. The Labute approximate surface area is 163 Å². The van der Waals surface area contributed by atoms with Gasteiger partial charge in [0.1, 0.15) is 17.4 Å². The average molecular weight is 378 g/mol. The Morgan fingerprint density at radius 1 is 1.11 bits per heavy atom. The second kappa shape index (κ2) is 7.94. The topological polar surface area (TPSA) is 41.2 Å². The quantitative estimate of drug-likeness (QED) is 0.494. The van der Waals surface area contributed by atoms with Crippen molar-refractivity contribution in [1.29, 1.82) is 0 Å². The molecule has 2 aromatic carbocycles. The number of nitrogens with zero attached hydrogens (tertiary/aromatic N) is 2. The number of thiazole rings is 1. The Kier molecular flexibility index (Phi) is 5.23. The maximum absolute atomic E-state index is 5.81.